The molecule has 0 spiro atoms. The molecular weight excluding hydrogens is 651 g/mol. The molecule has 4 aromatic carbocycles. The number of sulfonamides is 1. The second-order valence-corrected chi connectivity index (χ2v) is 13.6. The summed E-state index contributed by atoms with van der Waals surface area (Å²) in [6, 6.07) is 24.7. The van der Waals surface area contributed by atoms with Gasteiger partial charge in [-0.2, -0.15) is 13.2 Å². The number of halogens is 4. The summed E-state index contributed by atoms with van der Waals surface area (Å²) in [6.07, 6.45) is -4.80. The highest BCUT2D eigenvalue weighted by Gasteiger charge is 2.37. The minimum absolute atomic E-state index is 0.0673. The summed E-state index contributed by atoms with van der Waals surface area (Å²) < 4.78 is 70.5. The van der Waals surface area contributed by atoms with Gasteiger partial charge < -0.3 is 10.2 Å². The van der Waals surface area contributed by atoms with Crippen LogP contribution in [-0.2, 0) is 38.8 Å². The third kappa shape index (κ3) is 8.93. The third-order valence-corrected chi connectivity index (χ3v) is 9.58. The van der Waals surface area contributed by atoms with Crippen LogP contribution in [0.4, 0.5) is 18.9 Å². The van der Waals surface area contributed by atoms with E-state index in [0.29, 0.717) is 15.9 Å². The number of hydrogen-bond donors (Lipinski definition) is 1. The van der Waals surface area contributed by atoms with Gasteiger partial charge in [0.2, 0.25) is 11.8 Å². The van der Waals surface area contributed by atoms with Crippen molar-refractivity contribution in [3.8, 4) is 0 Å². The molecular formula is C35H35ClF3N3O4S. The van der Waals surface area contributed by atoms with E-state index in [1.807, 2.05) is 37.3 Å². The summed E-state index contributed by atoms with van der Waals surface area (Å²) in [5.74, 6) is -1.26. The Morgan fingerprint density at radius 1 is 0.872 bits per heavy atom. The zero-order valence-corrected chi connectivity index (χ0v) is 27.6. The third-order valence-electron chi connectivity index (χ3n) is 7.46. The van der Waals surface area contributed by atoms with Crippen molar-refractivity contribution >= 4 is 39.1 Å². The molecule has 0 radical (unpaired) electrons. The summed E-state index contributed by atoms with van der Waals surface area (Å²) in [4.78, 5) is 29.3. The first-order valence-corrected chi connectivity index (χ1v) is 16.6. The Bertz CT molecular complexity index is 1800. The summed E-state index contributed by atoms with van der Waals surface area (Å²) in [6.45, 7) is 4.43. The van der Waals surface area contributed by atoms with Gasteiger partial charge >= 0.3 is 6.18 Å². The smallest absolute Gasteiger partial charge is 0.352 e. The van der Waals surface area contributed by atoms with Crippen molar-refractivity contribution in [3.05, 3.63) is 130 Å². The Morgan fingerprint density at radius 2 is 1.47 bits per heavy atom. The normalized spacial score (nSPS) is 12.4. The first-order chi connectivity index (χ1) is 22.2. The Hall–Kier alpha value is -4.35. The fourth-order valence-electron chi connectivity index (χ4n) is 5.04. The van der Waals surface area contributed by atoms with Gasteiger partial charge in [-0.25, -0.2) is 8.42 Å². The number of rotatable bonds is 12. The number of hydrogen-bond acceptors (Lipinski definition) is 4. The Morgan fingerprint density at radius 3 is 2.06 bits per heavy atom. The maximum absolute atomic E-state index is 14.5. The van der Waals surface area contributed by atoms with Gasteiger partial charge in [0.15, 0.2) is 0 Å². The van der Waals surface area contributed by atoms with Crippen LogP contribution in [0.25, 0.3) is 0 Å². The molecule has 0 saturated heterocycles. The van der Waals surface area contributed by atoms with Gasteiger partial charge in [0.1, 0.15) is 12.6 Å². The SMILES string of the molecule is Cc1ccccc1CN(C(=O)CN(c1ccc(Cl)c(C(F)(F)F)c1)S(=O)(=O)c1ccccc1)[C@@H](Cc1ccccc1)C(=O)NC(C)C. The van der Waals surface area contributed by atoms with Crippen LogP contribution >= 0.6 is 11.6 Å². The van der Waals surface area contributed by atoms with Crippen LogP contribution in [0.15, 0.2) is 108 Å². The second-order valence-electron chi connectivity index (χ2n) is 11.3. The first kappa shape index (κ1) is 35.5. The van der Waals surface area contributed by atoms with E-state index < -0.39 is 56.9 Å². The molecule has 0 saturated carbocycles. The fourth-order valence-corrected chi connectivity index (χ4v) is 6.69. The zero-order valence-electron chi connectivity index (χ0n) is 26.0. The van der Waals surface area contributed by atoms with Gasteiger partial charge in [0.05, 0.1) is 21.2 Å². The van der Waals surface area contributed by atoms with Crippen LogP contribution in [0.3, 0.4) is 0 Å². The number of nitrogens with zero attached hydrogens (tertiary/aromatic N) is 2. The molecule has 0 aliphatic heterocycles. The number of benzene rings is 4. The predicted molar refractivity (Wildman–Crippen MR) is 176 cm³/mol. The van der Waals surface area contributed by atoms with E-state index in [1.54, 1.807) is 44.2 Å². The molecule has 0 aromatic heterocycles. The highest BCUT2D eigenvalue weighted by molar-refractivity contribution is 7.92. The molecule has 0 unspecified atom stereocenters. The molecule has 4 aromatic rings. The van der Waals surface area contributed by atoms with Gasteiger partial charge in [0.25, 0.3) is 10.0 Å². The van der Waals surface area contributed by atoms with Crippen LogP contribution in [0.2, 0.25) is 5.02 Å². The molecule has 248 valence electrons. The van der Waals surface area contributed by atoms with E-state index >= 15 is 0 Å². The Kier molecular flexibility index (Phi) is 11.4. The first-order valence-electron chi connectivity index (χ1n) is 14.8. The molecule has 7 nitrogen and oxygen atoms in total. The standard InChI is InChI=1S/C35H35ClF3N3O4S/c1-24(2)40-34(44)32(20-26-13-6-4-7-14-26)41(22-27-15-11-10-12-25(27)3)33(43)23-42(47(45,46)29-16-8-5-9-17-29)28-18-19-31(36)30(21-28)35(37,38)39/h4-19,21,24,32H,20,22-23H2,1-3H3,(H,40,44)/t32-/m0/s1. The minimum atomic E-state index is -4.90. The minimum Gasteiger partial charge on any atom is -0.352 e. The quantitative estimate of drug-likeness (QED) is 0.174. The van der Waals surface area contributed by atoms with Gasteiger partial charge in [0, 0.05) is 19.0 Å². The molecule has 0 bridgehead atoms. The lowest BCUT2D eigenvalue weighted by molar-refractivity contribution is -0.140. The average Bonchev–Trinajstić information content (AvgIpc) is 3.02. The van der Waals surface area contributed by atoms with Crippen molar-refractivity contribution in [2.45, 2.75) is 56.9 Å². The molecule has 0 aliphatic rings. The largest absolute Gasteiger partial charge is 0.417 e. The van der Waals surface area contributed by atoms with Crippen molar-refractivity contribution in [1.29, 1.82) is 0 Å². The van der Waals surface area contributed by atoms with Crippen LogP contribution < -0.4 is 9.62 Å². The molecule has 2 amide bonds. The highest BCUT2D eigenvalue weighted by atomic mass is 35.5. The van der Waals surface area contributed by atoms with Crippen LogP contribution in [-0.4, -0.2) is 43.8 Å². The topological polar surface area (TPSA) is 86.8 Å². The number of aryl methyl sites for hydroxylation is 1. The molecule has 4 rings (SSSR count). The molecule has 0 aliphatic carbocycles. The second kappa shape index (κ2) is 15.0. The van der Waals surface area contributed by atoms with E-state index in [4.69, 9.17) is 11.6 Å². The lowest BCUT2D eigenvalue weighted by atomic mass is 10.0. The molecule has 0 heterocycles. The molecule has 12 heteroatoms. The maximum atomic E-state index is 14.5. The Balaban J connectivity index is 1.87. The van der Waals surface area contributed by atoms with Gasteiger partial charge in [-0.1, -0.05) is 84.4 Å². The van der Waals surface area contributed by atoms with Crippen molar-refractivity contribution in [2.24, 2.45) is 0 Å². The fraction of sp³-hybridized carbons (Fsp3) is 0.257. The lowest BCUT2D eigenvalue weighted by Gasteiger charge is -2.34. The average molecular weight is 686 g/mol. The van der Waals surface area contributed by atoms with Gasteiger partial charge in [-0.05, 0) is 67.8 Å². The van der Waals surface area contributed by atoms with Crippen molar-refractivity contribution in [3.63, 3.8) is 0 Å². The van der Waals surface area contributed by atoms with Crippen molar-refractivity contribution in [1.82, 2.24) is 10.2 Å². The summed E-state index contributed by atoms with van der Waals surface area (Å²) in [7, 11) is -4.59. The summed E-state index contributed by atoms with van der Waals surface area (Å²) in [5, 5.41) is 2.24. The highest BCUT2D eigenvalue weighted by Crippen LogP contribution is 2.38. The van der Waals surface area contributed by atoms with Crippen LogP contribution in [0, 0.1) is 6.92 Å². The van der Waals surface area contributed by atoms with E-state index in [0.717, 1.165) is 23.3 Å². The number of amides is 2. The van der Waals surface area contributed by atoms with Crippen LogP contribution in [0.5, 0.6) is 0 Å². The van der Waals surface area contributed by atoms with Crippen LogP contribution in [0.1, 0.15) is 36.1 Å². The van der Waals surface area contributed by atoms with Crippen molar-refractivity contribution in [2.75, 3.05) is 10.8 Å². The van der Waals surface area contributed by atoms with Gasteiger partial charge in [-0.3, -0.25) is 13.9 Å². The zero-order chi connectivity index (χ0) is 34.4. The van der Waals surface area contributed by atoms with Crippen molar-refractivity contribution < 1.29 is 31.2 Å². The molecule has 1 N–H and O–H groups in total. The predicted octanol–water partition coefficient (Wildman–Crippen LogP) is 7.03. The number of carbonyl (C=O) groups is 2. The number of nitrogens with one attached hydrogen (secondary N) is 1. The van der Waals surface area contributed by atoms with E-state index in [-0.39, 0.29) is 23.9 Å². The number of anilines is 1. The summed E-state index contributed by atoms with van der Waals surface area (Å²) in [5.41, 5.74) is 0.614. The molecule has 1 atom stereocenters. The molecule has 0 fully saturated rings. The monoisotopic (exact) mass is 685 g/mol. The van der Waals surface area contributed by atoms with E-state index in [1.165, 1.54) is 29.2 Å². The van der Waals surface area contributed by atoms with E-state index in [9.17, 15) is 31.2 Å². The summed E-state index contributed by atoms with van der Waals surface area (Å²) >= 11 is 5.87. The van der Waals surface area contributed by atoms with Gasteiger partial charge in [-0.15, -0.1) is 0 Å². The number of alkyl halides is 3. The number of carbonyl (C=O) groups excluding carboxylic acids is 2. The van der Waals surface area contributed by atoms with E-state index in [2.05, 4.69) is 5.32 Å². The Labute approximate surface area is 278 Å². The lowest BCUT2D eigenvalue weighted by Crippen LogP contribution is -2.54. The maximum Gasteiger partial charge on any atom is 0.417 e. The molecule has 47 heavy (non-hydrogen) atoms.